The maximum atomic E-state index is 10.7. The van der Waals surface area contributed by atoms with Crippen LogP contribution in [0.1, 0.15) is 18.1 Å². The molecule has 0 saturated carbocycles. The van der Waals surface area contributed by atoms with E-state index in [0.29, 0.717) is 11.3 Å². The molecule has 0 amide bonds. The van der Waals surface area contributed by atoms with Crippen molar-refractivity contribution in [2.75, 3.05) is 5.75 Å². The average Bonchev–Trinajstić information content (AvgIpc) is 2.23. The molecular weight excluding hydrogens is 238 g/mol. The molecule has 0 heterocycles. The highest BCUT2D eigenvalue weighted by Gasteiger charge is 2.08. The molecule has 0 aliphatic heterocycles. The number of rotatable bonds is 4. The predicted octanol–water partition coefficient (Wildman–Crippen LogP) is 3.20. The third-order valence-corrected chi connectivity index (χ3v) is 2.88. The van der Waals surface area contributed by atoms with Crippen LogP contribution in [0.25, 0.3) is 6.08 Å². The van der Waals surface area contributed by atoms with Crippen LogP contribution >= 0.6 is 11.8 Å². The lowest BCUT2D eigenvalue weighted by Crippen LogP contribution is -1.91. The predicted molar refractivity (Wildman–Crippen MR) is 70.0 cm³/mol. The molecule has 0 bridgehead atoms. The first-order valence-electron chi connectivity index (χ1n) is 5.05. The average molecular weight is 251 g/mol. The van der Waals surface area contributed by atoms with Crippen molar-refractivity contribution in [3.8, 4) is 0 Å². The number of hydrogen-bond acceptors (Lipinski definition) is 4. The fraction of sp³-hybridized carbons (Fsp3) is 0.250. The maximum Gasteiger partial charge on any atom is 0.272 e. The van der Waals surface area contributed by atoms with Gasteiger partial charge in [0.2, 0.25) is 0 Å². The molecule has 0 aliphatic carbocycles. The minimum atomic E-state index is -0.394. The number of nitrogens with zero attached hydrogens (tertiary/aromatic N) is 1. The summed E-state index contributed by atoms with van der Waals surface area (Å²) in [4.78, 5) is 20.9. The summed E-state index contributed by atoms with van der Waals surface area (Å²) < 4.78 is 0. The molecule has 5 heteroatoms. The van der Waals surface area contributed by atoms with E-state index in [4.69, 9.17) is 0 Å². The van der Waals surface area contributed by atoms with Crippen LogP contribution in [-0.4, -0.2) is 15.8 Å². The van der Waals surface area contributed by atoms with Crippen molar-refractivity contribution in [1.82, 2.24) is 0 Å². The summed E-state index contributed by atoms with van der Waals surface area (Å²) in [6.07, 6.45) is 3.72. The first kappa shape index (κ1) is 13.4. The van der Waals surface area contributed by atoms with Gasteiger partial charge in [0.15, 0.2) is 5.12 Å². The largest absolute Gasteiger partial charge is 0.288 e. The van der Waals surface area contributed by atoms with E-state index in [-0.39, 0.29) is 10.8 Å². The van der Waals surface area contributed by atoms with Gasteiger partial charge in [-0.1, -0.05) is 23.9 Å². The van der Waals surface area contributed by atoms with Crippen molar-refractivity contribution >= 4 is 28.6 Å². The van der Waals surface area contributed by atoms with Gasteiger partial charge in [0, 0.05) is 24.3 Å². The number of thioether (sulfide) groups is 1. The first-order chi connectivity index (χ1) is 8.00. The van der Waals surface area contributed by atoms with Crippen LogP contribution in [0.4, 0.5) is 5.69 Å². The van der Waals surface area contributed by atoms with Crippen LogP contribution in [0, 0.1) is 17.0 Å². The number of nitro groups is 1. The Labute approximate surface area is 104 Å². The molecule has 17 heavy (non-hydrogen) atoms. The minimum absolute atomic E-state index is 0.0783. The van der Waals surface area contributed by atoms with Crippen molar-refractivity contribution < 1.29 is 9.72 Å². The van der Waals surface area contributed by atoms with Crippen molar-refractivity contribution in [3.63, 3.8) is 0 Å². The van der Waals surface area contributed by atoms with Crippen LogP contribution in [0.5, 0.6) is 0 Å². The Balaban J connectivity index is 2.70. The van der Waals surface area contributed by atoms with E-state index in [0.717, 1.165) is 5.56 Å². The zero-order valence-electron chi connectivity index (χ0n) is 9.67. The van der Waals surface area contributed by atoms with Gasteiger partial charge in [0.05, 0.1) is 4.92 Å². The molecule has 4 nitrogen and oxygen atoms in total. The Morgan fingerprint density at radius 1 is 1.53 bits per heavy atom. The summed E-state index contributed by atoms with van der Waals surface area (Å²) >= 11 is 1.23. The first-order valence-corrected chi connectivity index (χ1v) is 6.04. The van der Waals surface area contributed by atoms with Gasteiger partial charge in [-0.25, -0.2) is 0 Å². The second-order valence-electron chi connectivity index (χ2n) is 3.51. The van der Waals surface area contributed by atoms with E-state index in [2.05, 4.69) is 0 Å². The van der Waals surface area contributed by atoms with E-state index in [9.17, 15) is 14.9 Å². The maximum absolute atomic E-state index is 10.7. The molecule has 0 aliphatic rings. The number of carbonyl (C=O) groups excluding carboxylic acids is 1. The second kappa shape index (κ2) is 6.20. The highest BCUT2D eigenvalue weighted by atomic mass is 32.2. The molecule has 1 rings (SSSR count). The van der Waals surface area contributed by atoms with Crippen molar-refractivity contribution in [2.24, 2.45) is 0 Å². The molecular formula is C12H13NO3S. The molecule has 0 unspecified atom stereocenters. The van der Waals surface area contributed by atoms with Gasteiger partial charge in [0.1, 0.15) is 0 Å². The summed E-state index contributed by atoms with van der Waals surface area (Å²) in [5, 5.41) is 10.7. The molecule has 0 N–H and O–H groups in total. The van der Waals surface area contributed by atoms with Crippen LogP contribution in [-0.2, 0) is 4.79 Å². The highest BCUT2D eigenvalue weighted by molar-refractivity contribution is 8.13. The van der Waals surface area contributed by atoms with Gasteiger partial charge < -0.3 is 0 Å². The molecule has 0 fully saturated rings. The minimum Gasteiger partial charge on any atom is -0.288 e. The Kier molecular flexibility index (Phi) is 4.90. The number of benzene rings is 1. The summed E-state index contributed by atoms with van der Waals surface area (Å²) in [5.41, 5.74) is 1.66. The SMILES string of the molecule is CC(=O)SCC=Cc1ccc([N+](=O)[O-])c(C)c1. The quantitative estimate of drug-likeness (QED) is 0.609. The van der Waals surface area contributed by atoms with Gasteiger partial charge in [-0.3, -0.25) is 14.9 Å². The smallest absolute Gasteiger partial charge is 0.272 e. The topological polar surface area (TPSA) is 60.2 Å². The van der Waals surface area contributed by atoms with E-state index >= 15 is 0 Å². The molecule has 0 spiro atoms. The lowest BCUT2D eigenvalue weighted by atomic mass is 10.1. The Morgan fingerprint density at radius 3 is 2.76 bits per heavy atom. The Bertz CT molecular complexity index is 469. The molecule has 0 radical (unpaired) electrons. The van der Waals surface area contributed by atoms with E-state index < -0.39 is 4.92 Å². The number of carbonyl (C=O) groups is 1. The normalized spacial score (nSPS) is 10.7. The fourth-order valence-corrected chi connectivity index (χ4v) is 1.76. The molecule has 1 aromatic carbocycles. The molecule has 90 valence electrons. The van der Waals surface area contributed by atoms with E-state index in [1.54, 1.807) is 19.1 Å². The van der Waals surface area contributed by atoms with E-state index in [1.165, 1.54) is 24.8 Å². The standard InChI is InChI=1S/C12H13NO3S/c1-9-8-11(4-3-7-17-10(2)14)5-6-12(9)13(15)16/h3-6,8H,7H2,1-2H3. The Morgan fingerprint density at radius 2 is 2.24 bits per heavy atom. The van der Waals surface area contributed by atoms with Gasteiger partial charge >= 0.3 is 0 Å². The third-order valence-electron chi connectivity index (χ3n) is 2.11. The van der Waals surface area contributed by atoms with Gasteiger partial charge in [-0.05, 0) is 24.6 Å². The lowest BCUT2D eigenvalue weighted by molar-refractivity contribution is -0.385. The molecule has 0 aromatic heterocycles. The highest BCUT2D eigenvalue weighted by Crippen LogP contribution is 2.19. The van der Waals surface area contributed by atoms with Crippen molar-refractivity contribution in [1.29, 1.82) is 0 Å². The number of nitro benzene ring substituents is 1. The van der Waals surface area contributed by atoms with Crippen molar-refractivity contribution in [2.45, 2.75) is 13.8 Å². The summed E-state index contributed by atoms with van der Waals surface area (Å²) in [6.45, 7) is 3.23. The third kappa shape index (κ3) is 4.40. The number of aryl methyl sites for hydroxylation is 1. The zero-order valence-corrected chi connectivity index (χ0v) is 10.5. The van der Waals surface area contributed by atoms with E-state index in [1.807, 2.05) is 12.2 Å². The lowest BCUT2D eigenvalue weighted by Gasteiger charge is -1.98. The molecule has 0 saturated heterocycles. The second-order valence-corrected chi connectivity index (χ2v) is 4.70. The monoisotopic (exact) mass is 251 g/mol. The fourth-order valence-electron chi connectivity index (χ4n) is 1.34. The molecule has 1 aromatic rings. The van der Waals surface area contributed by atoms with Crippen LogP contribution in [0.15, 0.2) is 24.3 Å². The summed E-state index contributed by atoms with van der Waals surface area (Å²) in [7, 11) is 0. The van der Waals surface area contributed by atoms with Crippen LogP contribution in [0.3, 0.4) is 0 Å². The summed E-state index contributed by atoms with van der Waals surface area (Å²) in [5.74, 6) is 0.616. The van der Waals surface area contributed by atoms with Gasteiger partial charge in [-0.15, -0.1) is 0 Å². The zero-order chi connectivity index (χ0) is 12.8. The van der Waals surface area contributed by atoms with Crippen LogP contribution in [0.2, 0.25) is 0 Å². The van der Waals surface area contributed by atoms with Crippen LogP contribution < -0.4 is 0 Å². The number of hydrogen-bond donors (Lipinski definition) is 0. The Hall–Kier alpha value is -1.62. The van der Waals surface area contributed by atoms with Crippen molar-refractivity contribution in [3.05, 3.63) is 45.5 Å². The van der Waals surface area contributed by atoms with Gasteiger partial charge in [-0.2, -0.15) is 0 Å². The van der Waals surface area contributed by atoms with Gasteiger partial charge in [0.25, 0.3) is 5.69 Å². The molecule has 0 atom stereocenters. The summed E-state index contributed by atoms with van der Waals surface area (Å²) in [6, 6.07) is 4.94.